The summed E-state index contributed by atoms with van der Waals surface area (Å²) < 4.78 is 0. The Morgan fingerprint density at radius 3 is 2.38 bits per heavy atom. The number of rotatable bonds is 4. The molecule has 0 spiro atoms. The van der Waals surface area contributed by atoms with Gasteiger partial charge in [0, 0.05) is 16.2 Å². The van der Waals surface area contributed by atoms with Gasteiger partial charge in [0.1, 0.15) is 0 Å². The normalized spacial score (nSPS) is 15.7. The Bertz CT molecular complexity index is 263. The summed E-state index contributed by atoms with van der Waals surface area (Å²) in [6, 6.07) is 4.29. The van der Waals surface area contributed by atoms with Crippen LogP contribution in [0.15, 0.2) is 12.1 Å². The smallest absolute Gasteiger partial charge is 0.0665 e. The molecule has 0 amide bonds. The van der Waals surface area contributed by atoms with Crippen LogP contribution in [0, 0.1) is 0 Å². The largest absolute Gasteiger partial charge is 0.390 e. The monoisotopic (exact) mass is 198 g/mol. The second-order valence-corrected chi connectivity index (χ2v) is 5.00. The van der Waals surface area contributed by atoms with Crippen LogP contribution >= 0.6 is 11.3 Å². The van der Waals surface area contributed by atoms with E-state index in [9.17, 15) is 5.11 Å². The molecule has 0 radical (unpaired) electrons. The molecule has 1 unspecified atom stereocenters. The zero-order chi connectivity index (χ0) is 9.90. The average molecular weight is 198 g/mol. The lowest BCUT2D eigenvalue weighted by Crippen LogP contribution is -2.25. The summed E-state index contributed by atoms with van der Waals surface area (Å²) in [5.74, 6) is 0. The van der Waals surface area contributed by atoms with Gasteiger partial charge in [-0.05, 0) is 31.9 Å². The van der Waals surface area contributed by atoms with Gasteiger partial charge in [0.25, 0.3) is 0 Å². The summed E-state index contributed by atoms with van der Waals surface area (Å²) in [7, 11) is 0. The molecule has 1 N–H and O–H groups in total. The fraction of sp³-hybridized carbons (Fsp3) is 0.636. The van der Waals surface area contributed by atoms with Crippen molar-refractivity contribution in [2.24, 2.45) is 0 Å². The highest BCUT2D eigenvalue weighted by Crippen LogP contribution is 2.23. The maximum Gasteiger partial charge on any atom is 0.0665 e. The molecule has 0 fully saturated rings. The molecule has 2 heteroatoms. The minimum absolute atomic E-state index is 0.532. The topological polar surface area (TPSA) is 20.2 Å². The summed E-state index contributed by atoms with van der Waals surface area (Å²) in [6.07, 6.45) is 2.69. The van der Waals surface area contributed by atoms with Gasteiger partial charge >= 0.3 is 0 Å². The van der Waals surface area contributed by atoms with Crippen molar-refractivity contribution in [3.63, 3.8) is 0 Å². The molecule has 0 aliphatic carbocycles. The molecule has 0 aromatic carbocycles. The molecule has 0 bridgehead atoms. The van der Waals surface area contributed by atoms with Crippen LogP contribution in [-0.4, -0.2) is 10.7 Å². The third kappa shape index (κ3) is 3.12. The molecule has 1 aromatic rings. The Balaban J connectivity index is 2.63. The van der Waals surface area contributed by atoms with Crippen molar-refractivity contribution in [3.05, 3.63) is 21.9 Å². The van der Waals surface area contributed by atoms with Crippen molar-refractivity contribution in [2.75, 3.05) is 0 Å². The van der Waals surface area contributed by atoms with E-state index in [2.05, 4.69) is 19.1 Å². The van der Waals surface area contributed by atoms with E-state index in [-0.39, 0.29) is 0 Å². The molecule has 0 aliphatic heterocycles. The molecule has 0 saturated carbocycles. The quantitative estimate of drug-likeness (QED) is 0.788. The summed E-state index contributed by atoms with van der Waals surface area (Å²) >= 11 is 1.82. The minimum atomic E-state index is -0.532. The van der Waals surface area contributed by atoms with E-state index >= 15 is 0 Å². The number of aryl methyl sites for hydroxylation is 1. The van der Waals surface area contributed by atoms with Gasteiger partial charge in [-0.15, -0.1) is 11.3 Å². The second-order valence-electron chi connectivity index (χ2n) is 3.75. The molecule has 13 heavy (non-hydrogen) atoms. The first-order valence-electron chi connectivity index (χ1n) is 4.87. The highest BCUT2D eigenvalue weighted by atomic mass is 32.1. The Labute approximate surface area is 84.4 Å². The summed E-state index contributed by atoms with van der Waals surface area (Å²) in [6.45, 7) is 6.08. The van der Waals surface area contributed by atoms with Gasteiger partial charge in [-0.25, -0.2) is 0 Å². The van der Waals surface area contributed by atoms with Crippen molar-refractivity contribution in [2.45, 2.75) is 45.6 Å². The van der Waals surface area contributed by atoms with Crippen molar-refractivity contribution in [1.29, 1.82) is 0 Å². The zero-order valence-corrected chi connectivity index (χ0v) is 9.45. The van der Waals surface area contributed by atoms with Crippen LogP contribution < -0.4 is 0 Å². The summed E-state index contributed by atoms with van der Waals surface area (Å²) in [4.78, 5) is 2.70. The lowest BCUT2D eigenvalue weighted by atomic mass is 9.98. The fourth-order valence-electron chi connectivity index (χ4n) is 1.21. The van der Waals surface area contributed by atoms with Crippen molar-refractivity contribution in [3.8, 4) is 0 Å². The Morgan fingerprint density at radius 1 is 1.31 bits per heavy atom. The first-order valence-corrected chi connectivity index (χ1v) is 5.69. The van der Waals surface area contributed by atoms with Gasteiger partial charge in [0.05, 0.1) is 5.60 Å². The molecular formula is C11H18OS. The highest BCUT2D eigenvalue weighted by molar-refractivity contribution is 7.12. The van der Waals surface area contributed by atoms with Crippen molar-refractivity contribution >= 4 is 11.3 Å². The molecule has 1 atom stereocenters. The number of thiophene rings is 1. The molecule has 1 aromatic heterocycles. The Hall–Kier alpha value is -0.340. The number of aliphatic hydroxyl groups is 1. The predicted molar refractivity (Wildman–Crippen MR) is 58.3 cm³/mol. The van der Waals surface area contributed by atoms with Crippen LogP contribution in [0.5, 0.6) is 0 Å². The fourth-order valence-corrected chi connectivity index (χ4v) is 2.34. The third-order valence-corrected chi connectivity index (χ3v) is 3.61. The molecule has 74 valence electrons. The van der Waals surface area contributed by atoms with Crippen LogP contribution in [0.25, 0.3) is 0 Å². The Morgan fingerprint density at radius 2 is 1.92 bits per heavy atom. The van der Waals surface area contributed by atoms with Gasteiger partial charge in [0.2, 0.25) is 0 Å². The van der Waals surface area contributed by atoms with Crippen LogP contribution in [0.3, 0.4) is 0 Å². The van der Waals surface area contributed by atoms with Crippen molar-refractivity contribution in [1.82, 2.24) is 0 Å². The second kappa shape index (κ2) is 4.25. The van der Waals surface area contributed by atoms with E-state index in [0.717, 1.165) is 19.3 Å². The van der Waals surface area contributed by atoms with Gasteiger partial charge in [0.15, 0.2) is 0 Å². The molecular weight excluding hydrogens is 180 g/mol. The predicted octanol–water partition coefficient (Wildman–Crippen LogP) is 3.01. The highest BCUT2D eigenvalue weighted by Gasteiger charge is 2.18. The molecule has 1 nitrogen and oxygen atoms in total. The number of hydrogen-bond acceptors (Lipinski definition) is 2. The van der Waals surface area contributed by atoms with E-state index < -0.39 is 5.60 Å². The first-order chi connectivity index (χ1) is 6.07. The standard InChI is InChI=1S/C11H18OS/c1-4-9-6-7-10(13-9)8-11(3,12)5-2/h6-7,12H,4-5,8H2,1-3H3. The van der Waals surface area contributed by atoms with Gasteiger partial charge in [-0.2, -0.15) is 0 Å². The van der Waals surface area contributed by atoms with Crippen molar-refractivity contribution < 1.29 is 5.11 Å². The summed E-state index contributed by atoms with van der Waals surface area (Å²) in [5, 5.41) is 9.87. The SMILES string of the molecule is CCc1ccc(CC(C)(O)CC)s1. The van der Waals surface area contributed by atoms with E-state index in [1.807, 2.05) is 25.2 Å². The maximum absolute atomic E-state index is 9.87. The zero-order valence-electron chi connectivity index (χ0n) is 8.63. The molecule has 1 rings (SSSR count). The third-order valence-electron chi connectivity index (χ3n) is 2.38. The van der Waals surface area contributed by atoms with E-state index in [1.54, 1.807) is 0 Å². The maximum atomic E-state index is 9.87. The molecule has 0 saturated heterocycles. The van der Waals surface area contributed by atoms with Crippen LogP contribution in [0.1, 0.15) is 36.9 Å². The lowest BCUT2D eigenvalue weighted by molar-refractivity contribution is 0.0573. The lowest BCUT2D eigenvalue weighted by Gasteiger charge is -2.19. The first kappa shape index (κ1) is 10.7. The van der Waals surface area contributed by atoms with E-state index in [0.29, 0.717) is 0 Å². The Kier molecular flexibility index (Phi) is 3.51. The van der Waals surface area contributed by atoms with Gasteiger partial charge in [-0.3, -0.25) is 0 Å². The van der Waals surface area contributed by atoms with E-state index in [1.165, 1.54) is 9.75 Å². The summed E-state index contributed by atoms with van der Waals surface area (Å²) in [5.41, 5.74) is -0.532. The molecule has 0 aliphatic rings. The van der Waals surface area contributed by atoms with Crippen LogP contribution in [0.2, 0.25) is 0 Å². The van der Waals surface area contributed by atoms with Crippen LogP contribution in [0.4, 0.5) is 0 Å². The van der Waals surface area contributed by atoms with E-state index in [4.69, 9.17) is 0 Å². The van der Waals surface area contributed by atoms with Gasteiger partial charge in [-0.1, -0.05) is 13.8 Å². The molecule has 1 heterocycles. The van der Waals surface area contributed by atoms with Gasteiger partial charge < -0.3 is 5.11 Å². The number of hydrogen-bond donors (Lipinski definition) is 1. The average Bonchev–Trinajstić information content (AvgIpc) is 2.52. The van der Waals surface area contributed by atoms with Crippen LogP contribution in [-0.2, 0) is 12.8 Å². The minimum Gasteiger partial charge on any atom is -0.390 e.